The van der Waals surface area contributed by atoms with Crippen molar-refractivity contribution >= 4 is 0 Å². The second-order valence-electron chi connectivity index (χ2n) is 5.33. The van der Waals surface area contributed by atoms with Crippen molar-refractivity contribution in [1.29, 1.82) is 0 Å². The molecule has 0 bridgehead atoms. The fraction of sp³-hybridized carbons (Fsp3) is 1.00. The predicted octanol–water partition coefficient (Wildman–Crippen LogP) is 3.70. The van der Waals surface area contributed by atoms with Crippen molar-refractivity contribution in [3.8, 4) is 0 Å². The van der Waals surface area contributed by atoms with Crippen molar-refractivity contribution in [3.05, 3.63) is 0 Å². The minimum absolute atomic E-state index is 0.476. The maximum absolute atomic E-state index is 13.2. The first-order chi connectivity index (χ1) is 5.55. The quantitative estimate of drug-likeness (QED) is 0.592. The van der Waals surface area contributed by atoms with Crippen molar-refractivity contribution in [3.63, 3.8) is 0 Å². The molecule has 1 heteroatoms. The van der Waals surface area contributed by atoms with Gasteiger partial charge in [0.1, 0.15) is 5.67 Å². The van der Waals surface area contributed by atoms with Gasteiger partial charge in [-0.2, -0.15) is 0 Å². The molecule has 0 radical (unpaired) electrons. The Bertz CT molecular complexity index is 167. The minimum Gasteiger partial charge on any atom is -0.244 e. The van der Waals surface area contributed by atoms with E-state index in [0.29, 0.717) is 5.41 Å². The zero-order valence-corrected chi connectivity index (χ0v) is 8.20. The number of hydrogen-bond acceptors (Lipinski definition) is 0. The summed E-state index contributed by atoms with van der Waals surface area (Å²) in [4.78, 5) is 0. The molecule has 0 heterocycles. The second kappa shape index (κ2) is 2.46. The van der Waals surface area contributed by atoms with E-state index in [1.165, 1.54) is 25.7 Å². The topological polar surface area (TPSA) is 0 Å². The van der Waals surface area contributed by atoms with Crippen molar-refractivity contribution in [2.75, 3.05) is 0 Å². The van der Waals surface area contributed by atoms with Gasteiger partial charge in [0.15, 0.2) is 0 Å². The zero-order valence-electron chi connectivity index (χ0n) is 8.20. The van der Waals surface area contributed by atoms with Crippen molar-refractivity contribution in [1.82, 2.24) is 0 Å². The van der Waals surface area contributed by atoms with E-state index < -0.39 is 5.67 Å². The van der Waals surface area contributed by atoms with Crippen LogP contribution in [-0.4, -0.2) is 5.67 Å². The Morgan fingerprint density at radius 1 is 1.33 bits per heavy atom. The summed E-state index contributed by atoms with van der Waals surface area (Å²) in [6, 6.07) is 0. The fourth-order valence-corrected chi connectivity index (χ4v) is 3.58. The number of hydrogen-bond donors (Lipinski definition) is 0. The first-order valence-corrected chi connectivity index (χ1v) is 5.24. The molecule has 70 valence electrons. The lowest BCUT2D eigenvalue weighted by molar-refractivity contribution is -0.132. The van der Waals surface area contributed by atoms with Crippen molar-refractivity contribution in [2.45, 2.75) is 58.0 Å². The second-order valence-corrected chi connectivity index (χ2v) is 5.33. The van der Waals surface area contributed by atoms with Crippen LogP contribution in [0.3, 0.4) is 0 Å². The lowest BCUT2D eigenvalue weighted by Gasteiger charge is -2.59. The SMILES string of the molecule is CCCC1CC2(C1)CC(C)(F)C2. The normalized spacial score (nSPS) is 51.8. The average Bonchev–Trinajstić information content (AvgIpc) is 1.80. The molecule has 0 aliphatic heterocycles. The van der Waals surface area contributed by atoms with Crippen LogP contribution in [-0.2, 0) is 0 Å². The third-order valence-electron chi connectivity index (χ3n) is 3.63. The highest BCUT2D eigenvalue weighted by Crippen LogP contribution is 2.64. The van der Waals surface area contributed by atoms with Crippen LogP contribution in [0.15, 0.2) is 0 Å². The van der Waals surface area contributed by atoms with Gasteiger partial charge >= 0.3 is 0 Å². The molecule has 2 rings (SSSR count). The average molecular weight is 170 g/mol. The molecule has 0 nitrogen and oxygen atoms in total. The van der Waals surface area contributed by atoms with E-state index in [9.17, 15) is 4.39 Å². The molecule has 0 N–H and O–H groups in total. The molecule has 0 aromatic heterocycles. The third-order valence-corrected chi connectivity index (χ3v) is 3.63. The summed E-state index contributed by atoms with van der Waals surface area (Å²) in [5.74, 6) is 0.936. The molecular formula is C11H19F. The molecule has 2 aliphatic rings. The molecule has 2 aliphatic carbocycles. The van der Waals surface area contributed by atoms with Gasteiger partial charge in [-0.1, -0.05) is 19.8 Å². The van der Waals surface area contributed by atoms with E-state index in [-0.39, 0.29) is 0 Å². The van der Waals surface area contributed by atoms with E-state index in [1.54, 1.807) is 6.92 Å². The zero-order chi connectivity index (χ0) is 8.82. The summed E-state index contributed by atoms with van der Waals surface area (Å²) >= 11 is 0. The molecule has 12 heavy (non-hydrogen) atoms. The van der Waals surface area contributed by atoms with Crippen LogP contribution in [0.1, 0.15) is 52.4 Å². The van der Waals surface area contributed by atoms with Crippen molar-refractivity contribution in [2.24, 2.45) is 11.3 Å². The maximum Gasteiger partial charge on any atom is 0.109 e. The predicted molar refractivity (Wildman–Crippen MR) is 48.8 cm³/mol. The monoisotopic (exact) mass is 170 g/mol. The van der Waals surface area contributed by atoms with E-state index in [1.807, 2.05) is 0 Å². The van der Waals surface area contributed by atoms with Gasteiger partial charge in [-0.05, 0) is 43.9 Å². The Morgan fingerprint density at radius 3 is 2.33 bits per heavy atom. The third kappa shape index (κ3) is 1.27. The van der Waals surface area contributed by atoms with Gasteiger partial charge < -0.3 is 0 Å². The minimum atomic E-state index is -0.808. The molecule has 0 amide bonds. The van der Waals surface area contributed by atoms with Crippen LogP contribution in [0, 0.1) is 11.3 Å². The van der Waals surface area contributed by atoms with E-state index in [2.05, 4.69) is 6.92 Å². The van der Waals surface area contributed by atoms with Gasteiger partial charge in [-0.25, -0.2) is 4.39 Å². The largest absolute Gasteiger partial charge is 0.244 e. The smallest absolute Gasteiger partial charge is 0.109 e. The van der Waals surface area contributed by atoms with Crippen LogP contribution < -0.4 is 0 Å². The maximum atomic E-state index is 13.2. The Hall–Kier alpha value is -0.0700. The molecule has 0 aromatic rings. The number of rotatable bonds is 2. The Morgan fingerprint density at radius 2 is 1.92 bits per heavy atom. The molecule has 2 fully saturated rings. The Kier molecular flexibility index (Phi) is 1.75. The van der Waals surface area contributed by atoms with E-state index >= 15 is 0 Å². The summed E-state index contributed by atoms with van der Waals surface area (Å²) in [5, 5.41) is 0. The van der Waals surface area contributed by atoms with Crippen LogP contribution in [0.2, 0.25) is 0 Å². The van der Waals surface area contributed by atoms with Gasteiger partial charge in [-0.15, -0.1) is 0 Å². The summed E-state index contributed by atoms with van der Waals surface area (Å²) < 4.78 is 13.2. The first kappa shape index (κ1) is 8.52. The van der Waals surface area contributed by atoms with E-state index in [4.69, 9.17) is 0 Å². The lowest BCUT2D eigenvalue weighted by atomic mass is 9.47. The molecule has 0 atom stereocenters. The Labute approximate surface area is 74.5 Å². The summed E-state index contributed by atoms with van der Waals surface area (Å²) in [6.45, 7) is 4.00. The van der Waals surface area contributed by atoms with Crippen LogP contribution in [0.5, 0.6) is 0 Å². The molecule has 2 saturated carbocycles. The van der Waals surface area contributed by atoms with Crippen LogP contribution in [0.4, 0.5) is 4.39 Å². The van der Waals surface area contributed by atoms with Gasteiger partial charge in [0.2, 0.25) is 0 Å². The molecule has 0 saturated heterocycles. The van der Waals surface area contributed by atoms with Gasteiger partial charge in [0.05, 0.1) is 0 Å². The number of alkyl halides is 1. The van der Waals surface area contributed by atoms with E-state index in [0.717, 1.165) is 18.8 Å². The molecule has 0 aromatic carbocycles. The van der Waals surface area contributed by atoms with Crippen molar-refractivity contribution < 1.29 is 4.39 Å². The first-order valence-electron chi connectivity index (χ1n) is 5.24. The highest BCUT2D eigenvalue weighted by atomic mass is 19.1. The van der Waals surface area contributed by atoms with Crippen LogP contribution >= 0.6 is 0 Å². The van der Waals surface area contributed by atoms with Gasteiger partial charge in [0.25, 0.3) is 0 Å². The summed E-state index contributed by atoms with van der Waals surface area (Å²) in [6.07, 6.45) is 7.00. The lowest BCUT2D eigenvalue weighted by Crippen LogP contribution is -2.54. The van der Waals surface area contributed by atoms with Gasteiger partial charge in [-0.3, -0.25) is 0 Å². The highest BCUT2D eigenvalue weighted by molar-refractivity contribution is 5.08. The number of halogens is 1. The molecule has 0 unspecified atom stereocenters. The summed E-state index contributed by atoms with van der Waals surface area (Å²) in [5.41, 5.74) is -0.333. The van der Waals surface area contributed by atoms with Gasteiger partial charge in [0, 0.05) is 0 Å². The molecule has 1 spiro atoms. The fourth-order valence-electron chi connectivity index (χ4n) is 3.58. The Balaban J connectivity index is 1.76. The molecular weight excluding hydrogens is 151 g/mol. The highest BCUT2D eigenvalue weighted by Gasteiger charge is 2.58. The standard InChI is InChI=1S/C11H19F/c1-3-4-9-5-11(6-9)7-10(2,12)8-11/h9H,3-8H2,1-2H3. The van der Waals surface area contributed by atoms with Crippen LogP contribution in [0.25, 0.3) is 0 Å². The summed E-state index contributed by atoms with van der Waals surface area (Å²) in [7, 11) is 0.